The SMILES string of the molecule is CC1CC(C(=O)N2C[C@@H](C(F)(F)F)[C@H](NC(=O)C(=O)NCC(F)F)C2)C1. The minimum atomic E-state index is -4.68. The molecular formula is C15H20F5N3O3. The minimum absolute atomic E-state index is 0.317. The Morgan fingerprint density at radius 1 is 1.12 bits per heavy atom. The summed E-state index contributed by atoms with van der Waals surface area (Å²) in [5, 5.41) is 3.54. The normalized spacial score (nSPS) is 28.7. The number of halogens is 5. The fourth-order valence-electron chi connectivity index (χ4n) is 3.31. The number of nitrogens with one attached hydrogen (secondary N) is 2. The van der Waals surface area contributed by atoms with Crippen molar-refractivity contribution in [2.45, 2.75) is 38.4 Å². The maximum absolute atomic E-state index is 13.2. The predicted octanol–water partition coefficient (Wildman–Crippen LogP) is 0.919. The van der Waals surface area contributed by atoms with Crippen molar-refractivity contribution in [2.24, 2.45) is 17.8 Å². The van der Waals surface area contributed by atoms with Gasteiger partial charge in [0.25, 0.3) is 6.43 Å². The summed E-state index contributed by atoms with van der Waals surface area (Å²) >= 11 is 0. The Morgan fingerprint density at radius 2 is 1.73 bits per heavy atom. The third-order valence-electron chi connectivity index (χ3n) is 4.71. The van der Waals surface area contributed by atoms with Crippen LogP contribution in [0.4, 0.5) is 22.0 Å². The van der Waals surface area contributed by atoms with Gasteiger partial charge in [-0.3, -0.25) is 14.4 Å². The Labute approximate surface area is 146 Å². The number of carbonyl (C=O) groups excluding carboxylic acids is 3. The van der Waals surface area contributed by atoms with E-state index in [0.717, 1.165) is 4.90 Å². The lowest BCUT2D eigenvalue weighted by Gasteiger charge is -2.34. The molecule has 0 spiro atoms. The van der Waals surface area contributed by atoms with Gasteiger partial charge in [0.15, 0.2) is 0 Å². The molecule has 0 aromatic rings. The quantitative estimate of drug-likeness (QED) is 0.558. The summed E-state index contributed by atoms with van der Waals surface area (Å²) in [4.78, 5) is 36.4. The third kappa shape index (κ3) is 4.82. The van der Waals surface area contributed by atoms with Crippen LogP contribution in [0.5, 0.6) is 0 Å². The predicted molar refractivity (Wildman–Crippen MR) is 79.0 cm³/mol. The summed E-state index contributed by atoms with van der Waals surface area (Å²) < 4.78 is 63.7. The first kappa shape index (κ1) is 20.4. The maximum atomic E-state index is 13.2. The second-order valence-corrected chi connectivity index (χ2v) is 6.85. The number of amides is 3. The number of rotatable bonds is 4. The summed E-state index contributed by atoms with van der Waals surface area (Å²) in [6, 6.07) is -1.50. The van der Waals surface area contributed by atoms with Gasteiger partial charge in [0.05, 0.1) is 18.5 Å². The van der Waals surface area contributed by atoms with Crippen molar-refractivity contribution in [1.82, 2.24) is 15.5 Å². The van der Waals surface area contributed by atoms with E-state index in [0.29, 0.717) is 18.8 Å². The molecule has 1 heterocycles. The molecule has 148 valence electrons. The van der Waals surface area contributed by atoms with Gasteiger partial charge in [-0.05, 0) is 18.8 Å². The van der Waals surface area contributed by atoms with Gasteiger partial charge in [0, 0.05) is 19.0 Å². The van der Waals surface area contributed by atoms with E-state index in [1.807, 2.05) is 12.2 Å². The number of likely N-dealkylation sites (tertiary alicyclic amines) is 1. The topological polar surface area (TPSA) is 78.5 Å². The van der Waals surface area contributed by atoms with Crippen LogP contribution in [-0.4, -0.2) is 60.9 Å². The Bertz CT molecular complexity index is 563. The Balaban J connectivity index is 1.99. The molecule has 2 N–H and O–H groups in total. The molecule has 0 aromatic heterocycles. The molecule has 26 heavy (non-hydrogen) atoms. The van der Waals surface area contributed by atoms with Crippen LogP contribution in [0.2, 0.25) is 0 Å². The second kappa shape index (κ2) is 7.75. The zero-order valence-electron chi connectivity index (χ0n) is 14.0. The van der Waals surface area contributed by atoms with E-state index in [2.05, 4.69) is 0 Å². The van der Waals surface area contributed by atoms with Crippen LogP contribution in [0.3, 0.4) is 0 Å². The highest BCUT2D eigenvalue weighted by molar-refractivity contribution is 6.35. The van der Waals surface area contributed by atoms with Crippen molar-refractivity contribution >= 4 is 17.7 Å². The molecule has 1 saturated heterocycles. The number of hydrogen-bond acceptors (Lipinski definition) is 3. The largest absolute Gasteiger partial charge is 0.395 e. The van der Waals surface area contributed by atoms with Crippen LogP contribution in [0.15, 0.2) is 0 Å². The molecule has 1 aliphatic heterocycles. The van der Waals surface area contributed by atoms with E-state index in [-0.39, 0.29) is 12.5 Å². The molecule has 1 saturated carbocycles. The first-order valence-corrected chi connectivity index (χ1v) is 8.21. The average molecular weight is 385 g/mol. The fraction of sp³-hybridized carbons (Fsp3) is 0.800. The lowest BCUT2D eigenvalue weighted by molar-refractivity contribution is -0.176. The molecule has 2 aliphatic rings. The zero-order chi connectivity index (χ0) is 19.6. The fourth-order valence-corrected chi connectivity index (χ4v) is 3.31. The van der Waals surface area contributed by atoms with E-state index in [9.17, 15) is 36.3 Å². The van der Waals surface area contributed by atoms with Crippen LogP contribution in [-0.2, 0) is 14.4 Å². The molecule has 2 atom stereocenters. The lowest BCUT2D eigenvalue weighted by Crippen LogP contribution is -2.50. The van der Waals surface area contributed by atoms with Gasteiger partial charge >= 0.3 is 18.0 Å². The second-order valence-electron chi connectivity index (χ2n) is 6.85. The van der Waals surface area contributed by atoms with E-state index < -0.39 is 55.4 Å². The summed E-state index contributed by atoms with van der Waals surface area (Å²) in [6.45, 7) is -0.115. The van der Waals surface area contributed by atoms with Gasteiger partial charge in [-0.1, -0.05) is 6.92 Å². The average Bonchev–Trinajstić information content (AvgIpc) is 2.92. The van der Waals surface area contributed by atoms with Crippen LogP contribution < -0.4 is 10.6 Å². The van der Waals surface area contributed by atoms with Crippen molar-refractivity contribution in [3.8, 4) is 0 Å². The Morgan fingerprint density at radius 3 is 2.23 bits per heavy atom. The van der Waals surface area contributed by atoms with Gasteiger partial charge in [-0.2, -0.15) is 13.2 Å². The molecule has 11 heteroatoms. The number of carbonyl (C=O) groups is 3. The Hall–Kier alpha value is -1.94. The highest BCUT2D eigenvalue weighted by Gasteiger charge is 2.52. The van der Waals surface area contributed by atoms with Crippen molar-refractivity contribution in [3.63, 3.8) is 0 Å². The van der Waals surface area contributed by atoms with Crippen molar-refractivity contribution < 1.29 is 36.3 Å². The van der Waals surface area contributed by atoms with E-state index in [1.54, 1.807) is 5.32 Å². The van der Waals surface area contributed by atoms with E-state index in [1.165, 1.54) is 0 Å². The molecule has 2 fully saturated rings. The van der Waals surface area contributed by atoms with Crippen LogP contribution >= 0.6 is 0 Å². The Kier molecular flexibility index (Phi) is 6.07. The molecule has 6 nitrogen and oxygen atoms in total. The summed E-state index contributed by atoms with van der Waals surface area (Å²) in [6.07, 6.45) is -6.35. The van der Waals surface area contributed by atoms with Crippen LogP contribution in [0.1, 0.15) is 19.8 Å². The van der Waals surface area contributed by atoms with Gasteiger partial charge in [0.1, 0.15) is 0 Å². The molecule has 0 unspecified atom stereocenters. The van der Waals surface area contributed by atoms with Crippen LogP contribution in [0, 0.1) is 17.8 Å². The minimum Gasteiger partial charge on any atom is -0.343 e. The smallest absolute Gasteiger partial charge is 0.343 e. The molecular weight excluding hydrogens is 365 g/mol. The van der Waals surface area contributed by atoms with Gasteiger partial charge in [-0.25, -0.2) is 8.78 Å². The standard InChI is InChI=1S/C15H20F5N3O3/c1-7-2-8(3-7)14(26)23-5-9(15(18,19)20)10(6-23)22-13(25)12(24)21-4-11(16)17/h7-11H,2-6H2,1H3,(H,21,24)(H,22,25)/t7?,8?,9-,10-/m1/s1. The van der Waals surface area contributed by atoms with Crippen LogP contribution in [0.25, 0.3) is 0 Å². The van der Waals surface area contributed by atoms with E-state index in [4.69, 9.17) is 0 Å². The van der Waals surface area contributed by atoms with Crippen molar-refractivity contribution in [1.29, 1.82) is 0 Å². The molecule has 0 radical (unpaired) electrons. The number of alkyl halides is 5. The van der Waals surface area contributed by atoms with Crippen molar-refractivity contribution in [2.75, 3.05) is 19.6 Å². The monoisotopic (exact) mass is 385 g/mol. The summed E-state index contributed by atoms with van der Waals surface area (Å²) in [5.74, 6) is -5.26. The van der Waals surface area contributed by atoms with Gasteiger partial charge in [0.2, 0.25) is 5.91 Å². The summed E-state index contributed by atoms with van der Waals surface area (Å²) in [7, 11) is 0. The lowest BCUT2D eigenvalue weighted by atomic mass is 9.75. The molecule has 3 amide bonds. The van der Waals surface area contributed by atoms with E-state index >= 15 is 0 Å². The molecule has 0 bridgehead atoms. The highest BCUT2D eigenvalue weighted by Crippen LogP contribution is 2.38. The summed E-state index contributed by atoms with van der Waals surface area (Å²) in [5.41, 5.74) is 0. The maximum Gasteiger partial charge on any atom is 0.395 e. The molecule has 2 rings (SSSR count). The first-order chi connectivity index (χ1) is 12.0. The highest BCUT2D eigenvalue weighted by atomic mass is 19.4. The number of nitrogens with zero attached hydrogens (tertiary/aromatic N) is 1. The molecule has 1 aliphatic carbocycles. The number of hydrogen-bond donors (Lipinski definition) is 2. The first-order valence-electron chi connectivity index (χ1n) is 8.21. The van der Waals surface area contributed by atoms with Gasteiger partial charge in [-0.15, -0.1) is 0 Å². The molecule has 0 aromatic carbocycles. The van der Waals surface area contributed by atoms with Gasteiger partial charge < -0.3 is 15.5 Å². The van der Waals surface area contributed by atoms with Crippen molar-refractivity contribution in [3.05, 3.63) is 0 Å². The third-order valence-corrected chi connectivity index (χ3v) is 4.71. The zero-order valence-corrected chi connectivity index (χ0v) is 14.0.